The number of anilines is 1. The molecular formula is C58H83N17. The minimum Gasteiger partial charge on any atom is -0.359 e. The number of aliphatic imine (C=N–C) groups is 3. The zero-order valence-corrected chi connectivity index (χ0v) is 47.0. The third-order valence-corrected chi connectivity index (χ3v) is 10.5. The van der Waals surface area contributed by atoms with E-state index in [9.17, 15) is 0 Å². The van der Waals surface area contributed by atoms with Gasteiger partial charge in [-0.15, -0.1) is 0 Å². The minimum absolute atomic E-state index is 0.778. The molecule has 0 spiro atoms. The standard InChI is InChI=1S/C8H11N3.C7H8N2.C7H6N2.C6H9N.3C5H7N.2C4H6N2.C3H4N2.2C2H6/c1-6-9-5-7-3-4-11(2)8(7)10-6;1-2-6-4-8-5-9-7(6)3-1;1-2-6-7(3-1)9-5-4-8-6;1-6-4-3-5-7(6)2;3*1-5-3-2-4-6-5;2*1-6-4-2-3-5-6;1-2-4-5-3-1;2*1-2/h5H,3-4H2,1-2H3;4-5H,1-3H2;1-2,4-5H,3H2;3-5H,1-2H3;3-4H,2H2,1H3;2*2-3H,4H2,1H3;2*2-4H,1H3;1-2H,3H2;2*1-2H3. The second-order valence-electron chi connectivity index (χ2n) is 16.4. The Morgan fingerprint density at radius 2 is 1.28 bits per heavy atom. The van der Waals surface area contributed by atoms with Gasteiger partial charge < -0.3 is 9.47 Å². The molecule has 6 aromatic rings. The smallest absolute Gasteiger partial charge is 0.135 e. The summed E-state index contributed by atoms with van der Waals surface area (Å²) >= 11 is 0. The summed E-state index contributed by atoms with van der Waals surface area (Å²) in [6, 6.07) is 7.90. The van der Waals surface area contributed by atoms with Crippen LogP contribution in [0.2, 0.25) is 0 Å². The largest absolute Gasteiger partial charge is 0.359 e. The predicted molar refractivity (Wildman–Crippen MR) is 312 cm³/mol. The number of aromatic nitrogens is 11. The molecule has 11 heterocycles. The van der Waals surface area contributed by atoms with Crippen molar-refractivity contribution in [1.29, 1.82) is 0 Å². The van der Waals surface area contributed by atoms with Crippen LogP contribution in [-0.4, -0.2) is 105 Å². The summed E-state index contributed by atoms with van der Waals surface area (Å²) in [5.74, 6) is 1.97. The number of azo groups is 1. The number of aryl methyl sites for hydroxylation is 7. The molecular weight excluding hydrogens is 935 g/mol. The molecule has 13 rings (SSSR count). The Morgan fingerprint density at radius 1 is 0.600 bits per heavy atom. The fourth-order valence-corrected chi connectivity index (χ4v) is 6.49. The second-order valence-corrected chi connectivity index (χ2v) is 16.4. The van der Waals surface area contributed by atoms with E-state index < -0.39 is 0 Å². The Labute approximate surface area is 447 Å². The van der Waals surface area contributed by atoms with Crippen molar-refractivity contribution in [2.24, 2.45) is 46.3 Å². The maximum Gasteiger partial charge on any atom is 0.135 e. The van der Waals surface area contributed by atoms with Crippen molar-refractivity contribution in [2.75, 3.05) is 38.1 Å². The second kappa shape index (κ2) is 39.6. The third kappa shape index (κ3) is 28.2. The van der Waals surface area contributed by atoms with Gasteiger partial charge >= 0.3 is 0 Å². The molecule has 0 bridgehead atoms. The lowest BCUT2D eigenvalue weighted by Gasteiger charge is -2.09. The molecule has 400 valence electrons. The van der Waals surface area contributed by atoms with E-state index >= 15 is 0 Å². The number of nitrogens with zero attached hydrogens (tertiary/aromatic N) is 17. The predicted octanol–water partition coefficient (Wildman–Crippen LogP) is 11.4. The summed E-state index contributed by atoms with van der Waals surface area (Å²) < 4.78 is 5.58. The number of likely N-dealkylation sites (N-methyl/N-ethyl adjacent to an activating group) is 1. The van der Waals surface area contributed by atoms with Crippen molar-refractivity contribution in [3.8, 4) is 0 Å². The number of fused-ring (bicyclic) bond motifs is 3. The van der Waals surface area contributed by atoms with Gasteiger partial charge in [0, 0.05) is 150 Å². The van der Waals surface area contributed by atoms with Crippen LogP contribution in [0.4, 0.5) is 5.82 Å². The van der Waals surface area contributed by atoms with E-state index in [0.717, 1.165) is 92.0 Å². The van der Waals surface area contributed by atoms with E-state index in [0.29, 0.717) is 0 Å². The van der Waals surface area contributed by atoms with E-state index in [1.165, 1.54) is 35.4 Å². The Morgan fingerprint density at radius 3 is 1.68 bits per heavy atom. The maximum atomic E-state index is 4.35. The molecule has 2 aliphatic carbocycles. The number of hydrogen-bond acceptors (Lipinski definition) is 14. The quantitative estimate of drug-likeness (QED) is 0.143. The number of hydrogen-bond donors (Lipinski definition) is 0. The van der Waals surface area contributed by atoms with Gasteiger partial charge in [-0.1, -0.05) is 52.0 Å². The van der Waals surface area contributed by atoms with Gasteiger partial charge in [0.1, 0.15) is 18.0 Å². The number of rotatable bonds is 0. The van der Waals surface area contributed by atoms with Crippen LogP contribution in [0.5, 0.6) is 0 Å². The minimum atomic E-state index is 0.778. The Bertz CT molecular complexity index is 2550. The van der Waals surface area contributed by atoms with Crippen LogP contribution < -0.4 is 4.90 Å². The Kier molecular flexibility index (Phi) is 33.3. The maximum absolute atomic E-state index is 4.35. The van der Waals surface area contributed by atoms with Crippen molar-refractivity contribution < 1.29 is 0 Å². The van der Waals surface area contributed by atoms with Gasteiger partial charge in [0.05, 0.1) is 31.0 Å². The van der Waals surface area contributed by atoms with Crippen molar-refractivity contribution >= 4 is 29.5 Å². The SMILES string of the molecule is C1=CN=NC1.C1=Cc2nccnc2C1.CC.CC.CC1=CCC=N1.CC1=NCC=C1.CC1=NCC=C1.Cc1cccn1C.Cc1ncc2c(n1)N(C)CC2.Cn1cccn1.Cn1cccn1.c1ncc2c(n1)CCC2. The normalized spacial score (nSPS) is 13.8. The van der Waals surface area contributed by atoms with E-state index in [1.807, 2.05) is 156 Å². The fraction of sp³-hybridized carbons (Fsp3) is 0.397. The molecule has 0 N–H and O–H groups in total. The van der Waals surface area contributed by atoms with E-state index in [1.54, 1.807) is 46.7 Å². The monoisotopic (exact) mass is 1020 g/mol. The topological polar surface area (TPSA) is 183 Å². The lowest BCUT2D eigenvalue weighted by molar-refractivity contribution is 0.767. The highest BCUT2D eigenvalue weighted by Gasteiger charge is 2.17. The molecule has 0 amide bonds. The van der Waals surface area contributed by atoms with Gasteiger partial charge in [0.2, 0.25) is 0 Å². The summed E-state index contributed by atoms with van der Waals surface area (Å²) in [5, 5.41) is 14.8. The first kappa shape index (κ1) is 63.2. The molecule has 7 aliphatic rings. The summed E-state index contributed by atoms with van der Waals surface area (Å²) in [5.41, 5.74) is 10.7. The molecule has 0 saturated carbocycles. The van der Waals surface area contributed by atoms with Gasteiger partial charge in [-0.05, 0) is 114 Å². The fourth-order valence-electron chi connectivity index (χ4n) is 6.49. The van der Waals surface area contributed by atoms with Crippen molar-refractivity contribution in [1.82, 2.24) is 54.0 Å². The third-order valence-electron chi connectivity index (χ3n) is 10.5. The van der Waals surface area contributed by atoms with Crippen LogP contribution in [0.1, 0.15) is 101 Å². The van der Waals surface area contributed by atoms with Crippen molar-refractivity contribution in [3.63, 3.8) is 0 Å². The van der Waals surface area contributed by atoms with Crippen LogP contribution >= 0.6 is 0 Å². The molecule has 0 radical (unpaired) electrons. The van der Waals surface area contributed by atoms with Crippen molar-refractivity contribution in [2.45, 2.75) is 101 Å². The summed E-state index contributed by atoms with van der Waals surface area (Å²) in [7, 11) is 7.88. The van der Waals surface area contributed by atoms with Gasteiger partial charge in [0.15, 0.2) is 0 Å². The average Bonchev–Trinajstić information content (AvgIpc) is 4.27. The van der Waals surface area contributed by atoms with E-state index in [2.05, 4.69) is 119 Å². The molecule has 5 aliphatic heterocycles. The first-order valence-electron chi connectivity index (χ1n) is 25.8. The zero-order chi connectivity index (χ0) is 54.9. The van der Waals surface area contributed by atoms with E-state index in [4.69, 9.17) is 0 Å². The molecule has 0 unspecified atom stereocenters. The molecule has 0 aromatic carbocycles. The first-order chi connectivity index (χ1) is 36.5. The highest BCUT2D eigenvalue weighted by atomic mass is 15.2. The van der Waals surface area contributed by atoms with Crippen LogP contribution in [0.15, 0.2) is 166 Å². The van der Waals surface area contributed by atoms with Gasteiger partial charge in [-0.2, -0.15) is 20.4 Å². The number of allylic oxidation sites excluding steroid dienone is 5. The summed E-state index contributed by atoms with van der Waals surface area (Å²) in [6.07, 6.45) is 44.7. The average molecular weight is 1020 g/mol. The molecule has 17 heteroatoms. The lowest BCUT2D eigenvalue weighted by atomic mass is 10.3. The van der Waals surface area contributed by atoms with Crippen molar-refractivity contribution in [3.05, 3.63) is 181 Å². The van der Waals surface area contributed by atoms with Gasteiger partial charge in [-0.3, -0.25) is 34.3 Å². The van der Waals surface area contributed by atoms with Gasteiger partial charge in [-0.25, -0.2) is 19.9 Å². The summed E-state index contributed by atoms with van der Waals surface area (Å²) in [6.45, 7) is 21.7. The Hall–Kier alpha value is -7.95. The van der Waals surface area contributed by atoms with E-state index in [-0.39, 0.29) is 0 Å². The molecule has 6 aromatic heterocycles. The molecule has 17 nitrogen and oxygen atoms in total. The summed E-state index contributed by atoms with van der Waals surface area (Å²) in [4.78, 5) is 39.1. The van der Waals surface area contributed by atoms with Gasteiger partial charge in [0.25, 0.3) is 0 Å². The molecule has 0 fully saturated rings. The van der Waals surface area contributed by atoms with Crippen LogP contribution in [0, 0.1) is 13.8 Å². The zero-order valence-electron chi connectivity index (χ0n) is 47.0. The van der Waals surface area contributed by atoms with Crippen LogP contribution in [0.25, 0.3) is 6.08 Å². The molecule has 75 heavy (non-hydrogen) atoms. The van der Waals surface area contributed by atoms with Crippen LogP contribution in [-0.2, 0) is 46.8 Å². The highest BCUT2D eigenvalue weighted by molar-refractivity contribution is 5.94. The molecule has 0 saturated heterocycles. The Balaban J connectivity index is 0.000000286. The highest BCUT2D eigenvalue weighted by Crippen LogP contribution is 2.22. The lowest BCUT2D eigenvalue weighted by Crippen LogP contribution is -2.14. The molecule has 0 atom stereocenters. The van der Waals surface area contributed by atoms with Crippen LogP contribution in [0.3, 0.4) is 0 Å². The first-order valence-corrected chi connectivity index (χ1v) is 25.8.